The Bertz CT molecular complexity index is 1070. The summed E-state index contributed by atoms with van der Waals surface area (Å²) in [4.78, 5) is 49.4. The van der Waals surface area contributed by atoms with Gasteiger partial charge in [0.25, 0.3) is 11.8 Å². The lowest BCUT2D eigenvalue weighted by Crippen LogP contribution is -2.46. The first-order valence-corrected chi connectivity index (χ1v) is 11.6. The molecule has 0 aliphatic heterocycles. The van der Waals surface area contributed by atoms with Crippen molar-refractivity contribution in [2.45, 2.75) is 33.7 Å². The van der Waals surface area contributed by atoms with Gasteiger partial charge in [-0.2, -0.15) is 0 Å². The summed E-state index contributed by atoms with van der Waals surface area (Å²) < 4.78 is 15.6. The molecule has 3 amide bonds. The molecule has 0 heterocycles. The molecule has 1 atom stereocenters. The minimum Gasteiger partial charge on any atom is -0.495 e. The zero-order chi connectivity index (χ0) is 26.7. The lowest BCUT2D eigenvalue weighted by atomic mass is 10.0. The van der Waals surface area contributed by atoms with Crippen molar-refractivity contribution in [3.63, 3.8) is 0 Å². The van der Waals surface area contributed by atoms with Gasteiger partial charge in [0.05, 0.1) is 25.9 Å². The summed E-state index contributed by atoms with van der Waals surface area (Å²) in [5, 5.41) is 7.69. The zero-order valence-electron chi connectivity index (χ0n) is 21.2. The van der Waals surface area contributed by atoms with Gasteiger partial charge in [0.15, 0.2) is 6.61 Å². The van der Waals surface area contributed by atoms with Crippen LogP contribution in [0.25, 0.3) is 0 Å². The van der Waals surface area contributed by atoms with Gasteiger partial charge in [0.1, 0.15) is 17.5 Å². The maximum atomic E-state index is 12.6. The maximum Gasteiger partial charge on any atom is 0.329 e. The number of methoxy groups -OCH3 is 1. The standard InChI is InChI=1S/C26H33N3O7/c1-6-35-19-10-8-18(9-11-19)25(32)29-24(16(2)3)26(33)36-15-23(31)27-14-22(30)28-20-13-17(4)7-12-21(20)34-5/h7-13,16,24H,6,14-15H2,1-5H3,(H,27,31)(H,28,30)(H,29,32). The second-order valence-corrected chi connectivity index (χ2v) is 8.29. The Kier molecular flexibility index (Phi) is 10.7. The van der Waals surface area contributed by atoms with Gasteiger partial charge in [-0.3, -0.25) is 14.4 Å². The zero-order valence-corrected chi connectivity index (χ0v) is 21.2. The summed E-state index contributed by atoms with van der Waals surface area (Å²) >= 11 is 0. The quantitative estimate of drug-likeness (QED) is 0.382. The van der Waals surface area contributed by atoms with Crippen molar-refractivity contribution in [2.24, 2.45) is 5.92 Å². The summed E-state index contributed by atoms with van der Waals surface area (Å²) in [7, 11) is 1.49. The Morgan fingerprint density at radius 1 is 0.972 bits per heavy atom. The van der Waals surface area contributed by atoms with Crippen LogP contribution < -0.4 is 25.4 Å². The molecule has 2 rings (SSSR count). The SMILES string of the molecule is CCOc1ccc(C(=O)NC(C(=O)OCC(=O)NCC(=O)Nc2cc(C)ccc2OC)C(C)C)cc1. The fraction of sp³-hybridized carbons (Fsp3) is 0.385. The number of amides is 3. The van der Waals surface area contributed by atoms with E-state index in [9.17, 15) is 19.2 Å². The van der Waals surface area contributed by atoms with Crippen molar-refractivity contribution in [1.82, 2.24) is 10.6 Å². The fourth-order valence-corrected chi connectivity index (χ4v) is 3.16. The number of aryl methyl sites for hydroxylation is 1. The molecule has 2 aromatic rings. The molecule has 0 aromatic heterocycles. The first-order chi connectivity index (χ1) is 17.1. The van der Waals surface area contributed by atoms with Crippen LogP contribution in [0.15, 0.2) is 42.5 Å². The van der Waals surface area contributed by atoms with E-state index in [0.29, 0.717) is 29.4 Å². The predicted molar refractivity (Wildman–Crippen MR) is 134 cm³/mol. The Balaban J connectivity index is 1.84. The first kappa shape index (κ1) is 28.2. The van der Waals surface area contributed by atoms with Gasteiger partial charge in [-0.15, -0.1) is 0 Å². The second-order valence-electron chi connectivity index (χ2n) is 8.29. The lowest BCUT2D eigenvalue weighted by Gasteiger charge is -2.21. The van der Waals surface area contributed by atoms with Crippen LogP contribution in [0.2, 0.25) is 0 Å². The van der Waals surface area contributed by atoms with Crippen LogP contribution in [-0.4, -0.2) is 56.6 Å². The minimum absolute atomic E-state index is 0.290. The van der Waals surface area contributed by atoms with E-state index in [2.05, 4.69) is 16.0 Å². The molecule has 10 heteroatoms. The Morgan fingerprint density at radius 3 is 2.28 bits per heavy atom. The number of anilines is 1. The van der Waals surface area contributed by atoms with E-state index in [1.165, 1.54) is 7.11 Å². The number of carbonyl (C=O) groups is 4. The van der Waals surface area contributed by atoms with Gasteiger partial charge in [-0.1, -0.05) is 19.9 Å². The normalized spacial score (nSPS) is 11.3. The van der Waals surface area contributed by atoms with Crippen molar-refractivity contribution in [2.75, 3.05) is 32.2 Å². The molecule has 0 fully saturated rings. The van der Waals surface area contributed by atoms with Gasteiger partial charge in [0.2, 0.25) is 5.91 Å². The summed E-state index contributed by atoms with van der Waals surface area (Å²) in [6, 6.07) is 10.9. The number of esters is 1. The number of ether oxygens (including phenoxy) is 3. The highest BCUT2D eigenvalue weighted by Gasteiger charge is 2.27. The third-order valence-electron chi connectivity index (χ3n) is 5.06. The van der Waals surface area contributed by atoms with E-state index >= 15 is 0 Å². The van der Waals surface area contributed by atoms with E-state index in [4.69, 9.17) is 14.2 Å². The molecular formula is C26H33N3O7. The average Bonchev–Trinajstić information content (AvgIpc) is 2.85. The highest BCUT2D eigenvalue weighted by atomic mass is 16.5. The van der Waals surface area contributed by atoms with Crippen molar-refractivity contribution >= 4 is 29.4 Å². The smallest absolute Gasteiger partial charge is 0.329 e. The molecule has 0 saturated carbocycles. The summed E-state index contributed by atoms with van der Waals surface area (Å²) in [6.45, 7) is 6.81. The second kappa shape index (κ2) is 13.7. The first-order valence-electron chi connectivity index (χ1n) is 11.6. The van der Waals surface area contributed by atoms with Crippen LogP contribution >= 0.6 is 0 Å². The monoisotopic (exact) mass is 499 g/mol. The minimum atomic E-state index is -0.964. The lowest BCUT2D eigenvalue weighted by molar-refractivity contribution is -0.151. The van der Waals surface area contributed by atoms with Gasteiger partial charge < -0.3 is 30.2 Å². The number of benzene rings is 2. The summed E-state index contributed by atoms with van der Waals surface area (Å²) in [5.41, 5.74) is 1.76. The molecular weight excluding hydrogens is 466 g/mol. The van der Waals surface area contributed by atoms with E-state index < -0.39 is 36.3 Å². The van der Waals surface area contributed by atoms with Crippen LogP contribution in [0.3, 0.4) is 0 Å². The molecule has 0 radical (unpaired) electrons. The number of rotatable bonds is 12. The van der Waals surface area contributed by atoms with Crippen LogP contribution in [-0.2, 0) is 19.1 Å². The molecule has 0 bridgehead atoms. The summed E-state index contributed by atoms with van der Waals surface area (Å²) in [6.07, 6.45) is 0. The molecule has 3 N–H and O–H groups in total. The van der Waals surface area contributed by atoms with Gasteiger partial charge in [-0.05, 0) is 61.7 Å². The van der Waals surface area contributed by atoms with Crippen LogP contribution in [0.5, 0.6) is 11.5 Å². The van der Waals surface area contributed by atoms with Crippen molar-refractivity contribution in [1.29, 1.82) is 0 Å². The largest absolute Gasteiger partial charge is 0.495 e. The predicted octanol–water partition coefficient (Wildman–Crippen LogP) is 2.45. The Hall–Kier alpha value is -4.08. The maximum absolute atomic E-state index is 12.6. The van der Waals surface area contributed by atoms with E-state index in [-0.39, 0.29) is 12.5 Å². The van der Waals surface area contributed by atoms with E-state index in [0.717, 1.165) is 5.56 Å². The Morgan fingerprint density at radius 2 is 1.67 bits per heavy atom. The highest BCUT2D eigenvalue weighted by Crippen LogP contribution is 2.24. The number of hydrogen-bond donors (Lipinski definition) is 3. The number of nitrogens with one attached hydrogen (secondary N) is 3. The van der Waals surface area contributed by atoms with Gasteiger partial charge in [0, 0.05) is 5.56 Å². The van der Waals surface area contributed by atoms with Gasteiger partial charge >= 0.3 is 5.97 Å². The van der Waals surface area contributed by atoms with E-state index in [1.807, 2.05) is 19.9 Å². The molecule has 0 saturated heterocycles. The average molecular weight is 500 g/mol. The summed E-state index contributed by atoms with van der Waals surface area (Å²) in [5.74, 6) is -1.51. The topological polar surface area (TPSA) is 132 Å². The fourth-order valence-electron chi connectivity index (χ4n) is 3.16. The van der Waals surface area contributed by atoms with Crippen LogP contribution in [0.4, 0.5) is 5.69 Å². The van der Waals surface area contributed by atoms with E-state index in [1.54, 1.807) is 50.2 Å². The molecule has 0 aliphatic rings. The molecule has 0 aliphatic carbocycles. The van der Waals surface area contributed by atoms with Crippen molar-refractivity contribution in [3.8, 4) is 11.5 Å². The van der Waals surface area contributed by atoms with Crippen LogP contribution in [0, 0.1) is 12.8 Å². The number of carbonyl (C=O) groups excluding carboxylic acids is 4. The third kappa shape index (κ3) is 8.61. The molecule has 36 heavy (non-hydrogen) atoms. The Labute approximate surface area is 210 Å². The van der Waals surface area contributed by atoms with Gasteiger partial charge in [-0.25, -0.2) is 4.79 Å². The van der Waals surface area contributed by atoms with Crippen LogP contribution in [0.1, 0.15) is 36.7 Å². The molecule has 10 nitrogen and oxygen atoms in total. The number of hydrogen-bond acceptors (Lipinski definition) is 7. The molecule has 2 aromatic carbocycles. The third-order valence-corrected chi connectivity index (χ3v) is 5.06. The highest BCUT2D eigenvalue weighted by molar-refractivity contribution is 5.98. The van der Waals surface area contributed by atoms with Crippen molar-refractivity contribution < 1.29 is 33.4 Å². The molecule has 1 unspecified atom stereocenters. The molecule has 194 valence electrons. The molecule has 0 spiro atoms. The van der Waals surface area contributed by atoms with Crippen molar-refractivity contribution in [3.05, 3.63) is 53.6 Å².